The molecule has 1 aromatic rings. The number of piperidine rings is 1. The topological polar surface area (TPSA) is 66.8 Å². The van der Waals surface area contributed by atoms with Crippen LogP contribution >= 0.6 is 0 Å². The van der Waals surface area contributed by atoms with E-state index in [0.29, 0.717) is 19.4 Å². The molecule has 1 saturated heterocycles. The van der Waals surface area contributed by atoms with Gasteiger partial charge in [0.1, 0.15) is 5.75 Å². The number of carboxylic acids is 1. The van der Waals surface area contributed by atoms with Crippen molar-refractivity contribution in [2.75, 3.05) is 13.1 Å². The van der Waals surface area contributed by atoms with Crippen LogP contribution < -0.4 is 4.74 Å². The van der Waals surface area contributed by atoms with Gasteiger partial charge in [-0.25, -0.2) is 0 Å². The Morgan fingerprint density at radius 3 is 2.81 bits per heavy atom. The second kappa shape index (κ2) is 6.51. The molecular formula is C14H15F2NO4. The van der Waals surface area contributed by atoms with Crippen LogP contribution in [0.15, 0.2) is 24.3 Å². The van der Waals surface area contributed by atoms with Crippen LogP contribution in [0, 0.1) is 5.92 Å². The number of halogens is 2. The zero-order valence-corrected chi connectivity index (χ0v) is 11.2. The van der Waals surface area contributed by atoms with Crippen molar-refractivity contribution in [1.82, 2.24) is 4.90 Å². The molecule has 0 unspecified atom stereocenters. The van der Waals surface area contributed by atoms with Gasteiger partial charge in [-0.1, -0.05) is 6.07 Å². The molecule has 1 fully saturated rings. The standard InChI is InChI=1S/C14H15F2NO4/c15-14(16)21-11-5-1-3-9(7-11)12(18)17-6-2-4-10(8-17)13(19)20/h1,3,5,7,10,14H,2,4,6,8H2,(H,19,20)/t10-/m0/s1. The van der Waals surface area contributed by atoms with Crippen LogP contribution in [0.4, 0.5) is 8.78 Å². The maximum absolute atomic E-state index is 12.3. The largest absolute Gasteiger partial charge is 0.481 e. The van der Waals surface area contributed by atoms with Crippen LogP contribution in [0.1, 0.15) is 23.2 Å². The van der Waals surface area contributed by atoms with Crippen LogP contribution in [0.2, 0.25) is 0 Å². The number of carbonyl (C=O) groups is 2. The average Bonchev–Trinajstić information content (AvgIpc) is 2.46. The van der Waals surface area contributed by atoms with E-state index in [1.807, 2.05) is 0 Å². The van der Waals surface area contributed by atoms with Gasteiger partial charge in [0.15, 0.2) is 0 Å². The highest BCUT2D eigenvalue weighted by molar-refractivity contribution is 5.95. The summed E-state index contributed by atoms with van der Waals surface area (Å²) in [7, 11) is 0. The number of rotatable bonds is 4. The molecule has 1 heterocycles. The highest BCUT2D eigenvalue weighted by Crippen LogP contribution is 2.21. The van der Waals surface area contributed by atoms with E-state index in [0.717, 1.165) is 0 Å². The number of likely N-dealkylation sites (tertiary alicyclic amines) is 1. The van der Waals surface area contributed by atoms with Crippen LogP contribution in [-0.4, -0.2) is 41.6 Å². The van der Waals surface area contributed by atoms with Crippen molar-refractivity contribution in [3.8, 4) is 5.75 Å². The third-order valence-electron chi connectivity index (χ3n) is 3.36. The van der Waals surface area contributed by atoms with Gasteiger partial charge in [-0.15, -0.1) is 0 Å². The summed E-state index contributed by atoms with van der Waals surface area (Å²) in [6, 6.07) is 5.51. The Hall–Kier alpha value is -2.18. The van der Waals surface area contributed by atoms with E-state index in [1.165, 1.54) is 29.2 Å². The van der Waals surface area contributed by atoms with Crippen molar-refractivity contribution >= 4 is 11.9 Å². The number of benzene rings is 1. The lowest BCUT2D eigenvalue weighted by Gasteiger charge is -2.30. The molecule has 114 valence electrons. The first kappa shape index (κ1) is 15.2. The summed E-state index contributed by atoms with van der Waals surface area (Å²) in [6.45, 7) is -2.36. The molecule has 1 aromatic carbocycles. The molecule has 0 aliphatic carbocycles. The predicted molar refractivity (Wildman–Crippen MR) is 69.3 cm³/mol. The minimum Gasteiger partial charge on any atom is -0.481 e. The molecule has 0 radical (unpaired) electrons. The third kappa shape index (κ3) is 3.90. The zero-order valence-electron chi connectivity index (χ0n) is 11.2. The van der Waals surface area contributed by atoms with Crippen molar-refractivity contribution in [1.29, 1.82) is 0 Å². The van der Waals surface area contributed by atoms with Gasteiger partial charge in [-0.2, -0.15) is 8.78 Å². The highest BCUT2D eigenvalue weighted by Gasteiger charge is 2.28. The normalized spacial score (nSPS) is 18.6. The molecule has 0 saturated carbocycles. The molecule has 0 bridgehead atoms. The summed E-state index contributed by atoms with van der Waals surface area (Å²) in [5, 5.41) is 9.01. The summed E-state index contributed by atoms with van der Waals surface area (Å²) >= 11 is 0. The summed E-state index contributed by atoms with van der Waals surface area (Å²) in [5.41, 5.74) is 0.208. The summed E-state index contributed by atoms with van der Waals surface area (Å²) in [5.74, 6) is -1.98. The molecule has 21 heavy (non-hydrogen) atoms. The number of nitrogens with zero attached hydrogens (tertiary/aromatic N) is 1. The van der Waals surface area contributed by atoms with E-state index in [-0.39, 0.29) is 23.8 Å². The van der Waals surface area contributed by atoms with Crippen LogP contribution in [0.3, 0.4) is 0 Å². The van der Waals surface area contributed by atoms with Gasteiger partial charge in [-0.05, 0) is 31.0 Å². The van der Waals surface area contributed by atoms with E-state index in [9.17, 15) is 18.4 Å². The highest BCUT2D eigenvalue weighted by atomic mass is 19.3. The third-order valence-corrected chi connectivity index (χ3v) is 3.36. The minimum absolute atomic E-state index is 0.0948. The molecule has 0 spiro atoms. The quantitative estimate of drug-likeness (QED) is 0.925. The fraction of sp³-hybridized carbons (Fsp3) is 0.429. The Morgan fingerprint density at radius 2 is 2.14 bits per heavy atom. The maximum Gasteiger partial charge on any atom is 0.387 e. The van der Waals surface area contributed by atoms with Crippen molar-refractivity contribution in [3.05, 3.63) is 29.8 Å². The molecule has 1 atom stereocenters. The van der Waals surface area contributed by atoms with Gasteiger partial charge in [0.05, 0.1) is 5.92 Å². The van der Waals surface area contributed by atoms with Crippen molar-refractivity contribution in [2.45, 2.75) is 19.5 Å². The molecular weight excluding hydrogens is 284 g/mol. The van der Waals surface area contributed by atoms with E-state index in [1.54, 1.807) is 0 Å². The summed E-state index contributed by atoms with van der Waals surface area (Å²) in [4.78, 5) is 24.7. The lowest BCUT2D eigenvalue weighted by molar-refractivity contribution is -0.143. The van der Waals surface area contributed by atoms with Gasteiger partial charge < -0.3 is 14.7 Å². The van der Waals surface area contributed by atoms with E-state index < -0.39 is 18.5 Å². The number of amides is 1. The second-order valence-corrected chi connectivity index (χ2v) is 4.83. The SMILES string of the molecule is O=C(O)[C@H]1CCCN(C(=O)c2cccc(OC(F)F)c2)C1. The van der Waals surface area contributed by atoms with Gasteiger partial charge >= 0.3 is 12.6 Å². The zero-order chi connectivity index (χ0) is 15.4. The molecule has 1 aliphatic heterocycles. The Labute approximate surface area is 120 Å². The minimum atomic E-state index is -2.96. The Balaban J connectivity index is 2.10. The van der Waals surface area contributed by atoms with E-state index in [4.69, 9.17) is 5.11 Å². The number of alkyl halides is 2. The van der Waals surface area contributed by atoms with E-state index in [2.05, 4.69) is 4.74 Å². The second-order valence-electron chi connectivity index (χ2n) is 4.83. The Kier molecular flexibility index (Phi) is 4.72. The Morgan fingerprint density at radius 1 is 1.38 bits per heavy atom. The first-order valence-corrected chi connectivity index (χ1v) is 6.54. The summed E-state index contributed by atoms with van der Waals surface area (Å²) < 4.78 is 28.6. The molecule has 5 nitrogen and oxygen atoms in total. The van der Waals surface area contributed by atoms with Gasteiger partial charge in [0, 0.05) is 18.7 Å². The van der Waals surface area contributed by atoms with Gasteiger partial charge in [0.25, 0.3) is 5.91 Å². The molecule has 1 amide bonds. The number of carboxylic acid groups (broad SMARTS) is 1. The van der Waals surface area contributed by atoms with Crippen molar-refractivity contribution in [2.24, 2.45) is 5.92 Å². The maximum atomic E-state index is 12.3. The monoisotopic (exact) mass is 299 g/mol. The molecule has 1 aliphatic rings. The van der Waals surface area contributed by atoms with Crippen LogP contribution in [-0.2, 0) is 4.79 Å². The van der Waals surface area contributed by atoms with Gasteiger partial charge in [-0.3, -0.25) is 9.59 Å². The average molecular weight is 299 g/mol. The molecule has 1 N–H and O–H groups in total. The van der Waals surface area contributed by atoms with Crippen molar-refractivity contribution in [3.63, 3.8) is 0 Å². The lowest BCUT2D eigenvalue weighted by Crippen LogP contribution is -2.42. The number of hydrogen-bond donors (Lipinski definition) is 1. The number of ether oxygens (including phenoxy) is 1. The predicted octanol–water partition coefficient (Wildman–Crippen LogP) is 2.22. The smallest absolute Gasteiger partial charge is 0.387 e. The Bertz CT molecular complexity index is 535. The molecule has 0 aromatic heterocycles. The van der Waals surface area contributed by atoms with E-state index >= 15 is 0 Å². The van der Waals surface area contributed by atoms with Crippen molar-refractivity contribution < 1.29 is 28.2 Å². The van der Waals surface area contributed by atoms with Crippen LogP contribution in [0.5, 0.6) is 5.75 Å². The number of hydrogen-bond acceptors (Lipinski definition) is 3. The first-order valence-electron chi connectivity index (χ1n) is 6.54. The summed E-state index contributed by atoms with van der Waals surface area (Å²) in [6.07, 6.45) is 1.14. The fourth-order valence-corrected chi connectivity index (χ4v) is 2.35. The number of carbonyl (C=O) groups excluding carboxylic acids is 1. The van der Waals surface area contributed by atoms with Crippen LogP contribution in [0.25, 0.3) is 0 Å². The number of aliphatic carboxylic acids is 1. The molecule has 7 heteroatoms. The first-order chi connectivity index (χ1) is 9.97. The lowest BCUT2D eigenvalue weighted by atomic mass is 9.97. The molecule has 2 rings (SSSR count). The fourth-order valence-electron chi connectivity index (χ4n) is 2.35. The van der Waals surface area contributed by atoms with Gasteiger partial charge in [0.2, 0.25) is 0 Å².